The Labute approximate surface area is 132 Å². The van der Waals surface area contributed by atoms with Crippen LogP contribution in [0.1, 0.15) is 32.3 Å². The third-order valence-corrected chi connectivity index (χ3v) is 4.54. The Kier molecular flexibility index (Phi) is 4.23. The van der Waals surface area contributed by atoms with Crippen LogP contribution in [0.3, 0.4) is 0 Å². The van der Waals surface area contributed by atoms with Crippen LogP contribution in [0, 0.1) is 0 Å². The summed E-state index contributed by atoms with van der Waals surface area (Å²) in [6, 6.07) is 5.69. The van der Waals surface area contributed by atoms with Crippen molar-refractivity contribution in [2.75, 3.05) is 18.4 Å². The molecule has 0 amide bonds. The van der Waals surface area contributed by atoms with E-state index in [0.29, 0.717) is 5.75 Å². The molecule has 0 spiro atoms. The van der Waals surface area contributed by atoms with Gasteiger partial charge < -0.3 is 15.3 Å². The van der Waals surface area contributed by atoms with E-state index in [1.54, 1.807) is 12.1 Å². The molecule has 0 bridgehead atoms. The lowest BCUT2D eigenvalue weighted by Gasteiger charge is -2.30. The van der Waals surface area contributed by atoms with E-state index in [0.717, 1.165) is 37.2 Å². The van der Waals surface area contributed by atoms with Crippen LogP contribution in [0.5, 0.6) is 5.75 Å². The molecule has 1 atom stereocenters. The Morgan fingerprint density at radius 3 is 2.68 bits per heavy atom. The normalized spacial score (nSPS) is 19.8. The minimum absolute atomic E-state index is 0.226. The topological polar surface area (TPSA) is 35.5 Å². The lowest BCUT2D eigenvalue weighted by atomic mass is 9.92. The average Bonchev–Trinajstić information content (AvgIpc) is 2.56. The molecular formula is C19H24N2O. The molecule has 22 heavy (non-hydrogen) atoms. The predicted octanol–water partition coefficient (Wildman–Crippen LogP) is 4.15. The van der Waals surface area contributed by atoms with Gasteiger partial charge in [-0.2, -0.15) is 0 Å². The molecule has 1 aromatic rings. The fourth-order valence-electron chi connectivity index (χ4n) is 3.24. The standard InChI is InChI=1S/C19H24N2O/c1-3-21(4-2)16-9-5-14(6-10-16)18-12-8-15-7-11-17(22)13-19(15)20-18/h5,7-9,11-13,18,20,22H,3-4,6,10H2,1-2H3/t18-/m0/s1. The van der Waals surface area contributed by atoms with Crippen LogP contribution in [-0.4, -0.2) is 29.1 Å². The van der Waals surface area contributed by atoms with Crippen LogP contribution in [-0.2, 0) is 0 Å². The monoisotopic (exact) mass is 296 g/mol. The van der Waals surface area contributed by atoms with Crippen molar-refractivity contribution < 1.29 is 5.11 Å². The number of aromatic hydroxyl groups is 1. The van der Waals surface area contributed by atoms with Gasteiger partial charge in [-0.1, -0.05) is 18.2 Å². The van der Waals surface area contributed by atoms with Gasteiger partial charge >= 0.3 is 0 Å². The molecule has 0 saturated carbocycles. The van der Waals surface area contributed by atoms with E-state index in [9.17, 15) is 5.11 Å². The number of fused-ring (bicyclic) bond motifs is 1. The van der Waals surface area contributed by atoms with Gasteiger partial charge in [0.25, 0.3) is 0 Å². The van der Waals surface area contributed by atoms with Gasteiger partial charge in [0, 0.05) is 30.5 Å². The predicted molar refractivity (Wildman–Crippen MR) is 92.9 cm³/mol. The summed E-state index contributed by atoms with van der Waals surface area (Å²) in [5, 5.41) is 13.2. The first-order valence-corrected chi connectivity index (χ1v) is 8.13. The number of benzene rings is 1. The van der Waals surface area contributed by atoms with E-state index in [4.69, 9.17) is 0 Å². The highest BCUT2D eigenvalue weighted by Crippen LogP contribution is 2.31. The molecule has 1 aliphatic heterocycles. The zero-order valence-electron chi connectivity index (χ0n) is 13.3. The smallest absolute Gasteiger partial charge is 0.117 e. The summed E-state index contributed by atoms with van der Waals surface area (Å²) in [5.74, 6) is 0.307. The van der Waals surface area contributed by atoms with Gasteiger partial charge in [-0.05, 0) is 56.0 Å². The Hall–Kier alpha value is -2.16. The SMILES string of the molecule is CCN(CC)C1=CC=C([C@@H]2C=Cc3ccc(O)cc3N2)CC1. The molecule has 0 unspecified atom stereocenters. The van der Waals surface area contributed by atoms with Gasteiger partial charge in [0.05, 0.1) is 6.04 Å². The number of nitrogens with zero attached hydrogens (tertiary/aromatic N) is 1. The maximum absolute atomic E-state index is 9.64. The molecule has 0 aromatic heterocycles. The first-order chi connectivity index (χ1) is 10.7. The fraction of sp³-hybridized carbons (Fsp3) is 0.368. The van der Waals surface area contributed by atoms with Crippen molar-refractivity contribution in [2.24, 2.45) is 0 Å². The van der Waals surface area contributed by atoms with Crippen LogP contribution in [0.15, 0.2) is 47.7 Å². The van der Waals surface area contributed by atoms with Crippen molar-refractivity contribution in [1.82, 2.24) is 4.90 Å². The molecule has 0 radical (unpaired) electrons. The quantitative estimate of drug-likeness (QED) is 0.876. The Morgan fingerprint density at radius 2 is 2.00 bits per heavy atom. The van der Waals surface area contributed by atoms with E-state index in [1.165, 1.54) is 11.3 Å². The number of allylic oxidation sites excluding steroid dienone is 3. The second-order valence-electron chi connectivity index (χ2n) is 5.82. The van der Waals surface area contributed by atoms with Crippen molar-refractivity contribution >= 4 is 11.8 Å². The van der Waals surface area contributed by atoms with Crippen molar-refractivity contribution in [2.45, 2.75) is 32.7 Å². The Balaban J connectivity index is 1.77. The van der Waals surface area contributed by atoms with E-state index >= 15 is 0 Å². The molecule has 3 nitrogen and oxygen atoms in total. The van der Waals surface area contributed by atoms with Gasteiger partial charge in [0.15, 0.2) is 0 Å². The third-order valence-electron chi connectivity index (χ3n) is 4.54. The Morgan fingerprint density at radius 1 is 1.18 bits per heavy atom. The first-order valence-electron chi connectivity index (χ1n) is 8.13. The maximum atomic E-state index is 9.64. The molecule has 1 aliphatic carbocycles. The average molecular weight is 296 g/mol. The lowest BCUT2D eigenvalue weighted by molar-refractivity contribution is 0.366. The highest BCUT2D eigenvalue weighted by atomic mass is 16.3. The number of hydrogen-bond acceptors (Lipinski definition) is 3. The highest BCUT2D eigenvalue weighted by molar-refractivity contribution is 5.73. The molecule has 0 fully saturated rings. The second-order valence-corrected chi connectivity index (χ2v) is 5.82. The molecule has 2 N–H and O–H groups in total. The van der Waals surface area contributed by atoms with Crippen LogP contribution >= 0.6 is 0 Å². The number of phenolic OH excluding ortho intramolecular Hbond substituents is 1. The largest absolute Gasteiger partial charge is 0.508 e. The first kappa shape index (κ1) is 14.8. The summed E-state index contributed by atoms with van der Waals surface area (Å²) in [6.45, 7) is 6.55. The maximum Gasteiger partial charge on any atom is 0.117 e. The highest BCUT2D eigenvalue weighted by Gasteiger charge is 2.19. The molecule has 3 rings (SSSR count). The van der Waals surface area contributed by atoms with Gasteiger partial charge in [0.2, 0.25) is 0 Å². The van der Waals surface area contributed by atoms with Crippen LogP contribution in [0.25, 0.3) is 6.08 Å². The van der Waals surface area contributed by atoms with Crippen molar-refractivity contribution in [3.8, 4) is 5.75 Å². The summed E-state index contributed by atoms with van der Waals surface area (Å²) in [7, 11) is 0. The lowest BCUT2D eigenvalue weighted by Crippen LogP contribution is -2.26. The number of rotatable bonds is 4. The van der Waals surface area contributed by atoms with Gasteiger partial charge in [-0.3, -0.25) is 0 Å². The summed E-state index contributed by atoms with van der Waals surface area (Å²) in [6.07, 6.45) is 11.1. The van der Waals surface area contributed by atoms with E-state index in [-0.39, 0.29) is 6.04 Å². The number of hydrogen-bond donors (Lipinski definition) is 2. The Bertz CT molecular complexity index is 639. The van der Waals surface area contributed by atoms with Crippen LogP contribution in [0.2, 0.25) is 0 Å². The molecule has 116 valence electrons. The number of anilines is 1. The number of phenols is 1. The van der Waals surface area contributed by atoms with Gasteiger partial charge in [0.1, 0.15) is 5.75 Å². The van der Waals surface area contributed by atoms with E-state index in [2.05, 4.69) is 48.4 Å². The van der Waals surface area contributed by atoms with Crippen molar-refractivity contribution in [1.29, 1.82) is 0 Å². The summed E-state index contributed by atoms with van der Waals surface area (Å²) < 4.78 is 0. The molecule has 1 heterocycles. The summed E-state index contributed by atoms with van der Waals surface area (Å²) >= 11 is 0. The fourth-order valence-corrected chi connectivity index (χ4v) is 3.24. The molecule has 3 heteroatoms. The van der Waals surface area contributed by atoms with Crippen molar-refractivity contribution in [3.63, 3.8) is 0 Å². The number of nitrogens with one attached hydrogen (secondary N) is 1. The van der Waals surface area contributed by atoms with Gasteiger partial charge in [-0.25, -0.2) is 0 Å². The summed E-state index contributed by atoms with van der Waals surface area (Å²) in [5.41, 5.74) is 4.98. The molecular weight excluding hydrogens is 272 g/mol. The van der Waals surface area contributed by atoms with Crippen LogP contribution in [0.4, 0.5) is 5.69 Å². The second kappa shape index (κ2) is 6.30. The zero-order valence-corrected chi connectivity index (χ0v) is 13.3. The van der Waals surface area contributed by atoms with E-state index < -0.39 is 0 Å². The van der Waals surface area contributed by atoms with Crippen LogP contribution < -0.4 is 5.32 Å². The van der Waals surface area contributed by atoms with E-state index in [1.807, 2.05) is 6.07 Å². The van der Waals surface area contributed by atoms with Crippen molar-refractivity contribution in [3.05, 3.63) is 53.3 Å². The molecule has 0 saturated heterocycles. The third kappa shape index (κ3) is 2.89. The minimum Gasteiger partial charge on any atom is -0.508 e. The van der Waals surface area contributed by atoms with Gasteiger partial charge in [-0.15, -0.1) is 0 Å². The summed E-state index contributed by atoms with van der Waals surface area (Å²) in [4.78, 5) is 2.42. The molecule has 1 aromatic carbocycles. The molecule has 2 aliphatic rings. The minimum atomic E-state index is 0.226. The zero-order chi connectivity index (χ0) is 15.5.